The number of carbonyl (C=O) groups excluding carboxylic acids is 2. The number of halogens is 6. The van der Waals surface area contributed by atoms with Crippen LogP contribution in [-0.4, -0.2) is 78.8 Å². The van der Waals surface area contributed by atoms with Crippen molar-refractivity contribution >= 4 is 17.8 Å². The molecule has 3 N–H and O–H groups in total. The first-order valence-corrected chi connectivity index (χ1v) is 10.6. The van der Waals surface area contributed by atoms with E-state index in [0.29, 0.717) is 13.0 Å². The Balaban J connectivity index is 0.000000572. The molecule has 0 aromatic carbocycles. The van der Waals surface area contributed by atoms with Gasteiger partial charge in [0.15, 0.2) is 5.82 Å². The lowest BCUT2D eigenvalue weighted by molar-refractivity contribution is -0.192. The van der Waals surface area contributed by atoms with Crippen LogP contribution >= 0.6 is 0 Å². The predicted molar refractivity (Wildman–Crippen MR) is 106 cm³/mol. The third kappa shape index (κ3) is 6.83. The van der Waals surface area contributed by atoms with Gasteiger partial charge in [-0.1, -0.05) is 6.92 Å². The highest BCUT2D eigenvalue weighted by molar-refractivity contribution is 5.84. The van der Waals surface area contributed by atoms with Crippen LogP contribution in [0.3, 0.4) is 0 Å². The van der Waals surface area contributed by atoms with E-state index in [-0.39, 0.29) is 43.7 Å². The van der Waals surface area contributed by atoms with Gasteiger partial charge in [0.2, 0.25) is 17.6 Å². The molecular formula is C19H23F6N7O4. The Morgan fingerprint density at radius 3 is 2.31 bits per heavy atom. The number of nitrogens with zero attached hydrogens (tertiary/aromatic N) is 6. The van der Waals surface area contributed by atoms with E-state index in [4.69, 9.17) is 20.9 Å². The number of alkyl halides is 6. The fourth-order valence-corrected chi connectivity index (χ4v) is 3.71. The number of nitrogens with two attached hydrogens (primary N) is 1. The number of hydrogen-bond donors (Lipinski definition) is 2. The molecule has 2 aliphatic rings. The van der Waals surface area contributed by atoms with E-state index >= 15 is 0 Å². The van der Waals surface area contributed by atoms with E-state index in [0.717, 1.165) is 11.0 Å². The third-order valence-corrected chi connectivity index (χ3v) is 5.68. The minimum Gasteiger partial charge on any atom is -0.475 e. The Morgan fingerprint density at radius 2 is 1.78 bits per heavy atom. The molecule has 3 atom stereocenters. The number of carboxylic acids is 1. The van der Waals surface area contributed by atoms with Crippen molar-refractivity contribution in [2.24, 2.45) is 11.7 Å². The molecule has 3 rings (SSSR count). The van der Waals surface area contributed by atoms with Gasteiger partial charge >= 0.3 is 18.3 Å². The molecule has 2 aliphatic heterocycles. The Morgan fingerprint density at radius 1 is 1.17 bits per heavy atom. The highest BCUT2D eigenvalue weighted by atomic mass is 19.4. The maximum Gasteiger partial charge on any atom is 0.490 e. The van der Waals surface area contributed by atoms with Crippen LogP contribution in [0.1, 0.15) is 37.8 Å². The summed E-state index contributed by atoms with van der Waals surface area (Å²) in [6.07, 6.45) is -8.37. The molecule has 0 saturated carbocycles. The molecule has 0 spiro atoms. The summed E-state index contributed by atoms with van der Waals surface area (Å²) in [5.41, 5.74) is 6.04. The zero-order valence-corrected chi connectivity index (χ0v) is 18.9. The summed E-state index contributed by atoms with van der Waals surface area (Å²) in [6.45, 7) is 2.09. The van der Waals surface area contributed by atoms with Crippen LogP contribution in [0.25, 0.3) is 0 Å². The molecule has 11 nitrogen and oxygen atoms in total. The van der Waals surface area contributed by atoms with Crippen molar-refractivity contribution in [2.45, 2.75) is 63.7 Å². The van der Waals surface area contributed by atoms with Crippen molar-refractivity contribution in [1.29, 1.82) is 5.26 Å². The van der Waals surface area contributed by atoms with Crippen LogP contribution in [0.5, 0.6) is 0 Å². The Labute approximate surface area is 200 Å². The van der Waals surface area contributed by atoms with Crippen molar-refractivity contribution in [1.82, 2.24) is 24.6 Å². The second kappa shape index (κ2) is 11.1. The van der Waals surface area contributed by atoms with Crippen LogP contribution in [0.15, 0.2) is 0 Å². The van der Waals surface area contributed by atoms with Crippen LogP contribution in [0, 0.1) is 17.2 Å². The number of carbonyl (C=O) groups is 3. The average Bonchev–Trinajstić information content (AvgIpc) is 3.43. The monoisotopic (exact) mass is 527 g/mol. The molecule has 0 aliphatic carbocycles. The SMILES string of the molecule is C[C@H](CC(=O)N1CCn2c(nnc2C(F)(F)F)C1)[C@H](N)C(=O)N1CCC[C@H]1C#N.O=C(O)C(F)(F)F. The van der Waals surface area contributed by atoms with Gasteiger partial charge in [-0.15, -0.1) is 10.2 Å². The van der Waals surface area contributed by atoms with E-state index in [2.05, 4.69) is 16.3 Å². The van der Waals surface area contributed by atoms with Crippen LogP contribution in [0.4, 0.5) is 26.3 Å². The van der Waals surface area contributed by atoms with Gasteiger partial charge in [0, 0.05) is 26.1 Å². The summed E-state index contributed by atoms with van der Waals surface area (Å²) < 4.78 is 71.4. The minimum atomic E-state index is -5.08. The van der Waals surface area contributed by atoms with Crippen LogP contribution in [-0.2, 0) is 33.6 Å². The molecule has 0 bridgehead atoms. The van der Waals surface area contributed by atoms with Crippen LogP contribution < -0.4 is 5.73 Å². The van der Waals surface area contributed by atoms with E-state index in [1.807, 2.05) is 0 Å². The lowest BCUT2D eigenvalue weighted by Gasteiger charge is -2.30. The second-order valence-corrected chi connectivity index (χ2v) is 8.23. The molecule has 0 radical (unpaired) electrons. The average molecular weight is 527 g/mol. The second-order valence-electron chi connectivity index (χ2n) is 8.23. The number of hydrogen-bond acceptors (Lipinski definition) is 7. The van der Waals surface area contributed by atoms with Crippen molar-refractivity contribution in [3.8, 4) is 6.07 Å². The Hall–Kier alpha value is -3.42. The summed E-state index contributed by atoms with van der Waals surface area (Å²) in [7, 11) is 0. The zero-order valence-electron chi connectivity index (χ0n) is 18.9. The van der Waals surface area contributed by atoms with Gasteiger partial charge < -0.3 is 25.2 Å². The molecule has 3 heterocycles. The first-order chi connectivity index (χ1) is 16.6. The van der Waals surface area contributed by atoms with E-state index < -0.39 is 42.1 Å². The number of amides is 2. The highest BCUT2D eigenvalue weighted by Crippen LogP contribution is 2.29. The lowest BCUT2D eigenvalue weighted by atomic mass is 9.96. The van der Waals surface area contributed by atoms with Gasteiger partial charge in [-0.2, -0.15) is 31.6 Å². The van der Waals surface area contributed by atoms with Crippen molar-refractivity contribution in [3.05, 3.63) is 11.6 Å². The van der Waals surface area contributed by atoms with Gasteiger partial charge in [0.05, 0.1) is 18.7 Å². The molecule has 200 valence electrons. The first-order valence-electron chi connectivity index (χ1n) is 10.6. The van der Waals surface area contributed by atoms with Crippen molar-refractivity contribution in [2.75, 3.05) is 13.1 Å². The summed E-state index contributed by atoms with van der Waals surface area (Å²) in [5.74, 6) is -4.92. The molecule has 1 aromatic rings. The summed E-state index contributed by atoms with van der Waals surface area (Å²) in [4.78, 5) is 36.9. The number of aliphatic carboxylic acids is 1. The number of fused-ring (bicyclic) bond motifs is 1. The van der Waals surface area contributed by atoms with Crippen molar-refractivity contribution < 1.29 is 45.8 Å². The molecule has 2 amide bonds. The number of carboxylic acid groups (broad SMARTS) is 1. The quantitative estimate of drug-likeness (QED) is 0.552. The van der Waals surface area contributed by atoms with E-state index in [9.17, 15) is 35.9 Å². The molecule has 1 fully saturated rings. The molecular weight excluding hydrogens is 504 g/mol. The van der Waals surface area contributed by atoms with Gasteiger partial charge in [-0.3, -0.25) is 9.59 Å². The third-order valence-electron chi connectivity index (χ3n) is 5.68. The molecule has 36 heavy (non-hydrogen) atoms. The Bertz CT molecular complexity index is 1020. The van der Waals surface area contributed by atoms with Gasteiger partial charge in [0.1, 0.15) is 6.04 Å². The van der Waals surface area contributed by atoms with Crippen LogP contribution in [0.2, 0.25) is 0 Å². The van der Waals surface area contributed by atoms with Gasteiger partial charge in [0.25, 0.3) is 0 Å². The number of likely N-dealkylation sites (tertiary alicyclic amines) is 1. The van der Waals surface area contributed by atoms with Crippen molar-refractivity contribution in [3.63, 3.8) is 0 Å². The molecule has 0 unspecified atom stereocenters. The number of nitriles is 1. The predicted octanol–water partition coefficient (Wildman–Crippen LogP) is 1.14. The fraction of sp³-hybridized carbons (Fsp3) is 0.684. The highest BCUT2D eigenvalue weighted by Gasteiger charge is 2.40. The largest absolute Gasteiger partial charge is 0.490 e. The smallest absolute Gasteiger partial charge is 0.475 e. The maximum absolute atomic E-state index is 12.9. The number of aromatic nitrogens is 3. The van der Waals surface area contributed by atoms with E-state index in [1.54, 1.807) is 6.92 Å². The summed E-state index contributed by atoms with van der Waals surface area (Å²) in [6, 6.07) is 0.657. The molecule has 17 heteroatoms. The maximum atomic E-state index is 12.9. The minimum absolute atomic E-state index is 0.0295. The Kier molecular flexibility index (Phi) is 8.88. The standard InChI is InChI=1S/C17H22F3N7O2.C2HF3O2/c1-10(14(22)15(29)26-4-2-3-11(26)8-21)7-13(28)25-5-6-27-12(9-25)23-24-16(27)17(18,19)20;3-2(4,5)1(6)7/h10-11,14H,2-7,9,22H2,1H3;(H,6,7)/t10-,11+,14+;/m1./s1. The zero-order chi connectivity index (χ0) is 27.4. The number of rotatable bonds is 4. The normalized spacial score (nSPS) is 19.5. The first kappa shape index (κ1) is 28.8. The fourth-order valence-electron chi connectivity index (χ4n) is 3.71. The van der Waals surface area contributed by atoms with E-state index in [1.165, 1.54) is 9.80 Å². The van der Waals surface area contributed by atoms with Gasteiger partial charge in [-0.05, 0) is 18.8 Å². The van der Waals surface area contributed by atoms with Gasteiger partial charge in [-0.25, -0.2) is 4.79 Å². The topological polar surface area (TPSA) is 158 Å². The summed E-state index contributed by atoms with van der Waals surface area (Å²) in [5, 5.41) is 23.0. The molecule has 1 saturated heterocycles. The lowest BCUT2D eigenvalue weighted by Crippen LogP contribution is -2.49. The summed E-state index contributed by atoms with van der Waals surface area (Å²) >= 11 is 0. The molecule has 1 aromatic heterocycles.